The lowest BCUT2D eigenvalue weighted by molar-refractivity contribution is 0.285. The highest BCUT2D eigenvalue weighted by molar-refractivity contribution is 7.15. The molecule has 5 heteroatoms. The second-order valence-corrected chi connectivity index (χ2v) is 6.94. The predicted molar refractivity (Wildman–Crippen MR) is 82.9 cm³/mol. The summed E-state index contributed by atoms with van der Waals surface area (Å²) in [4.78, 5) is 10.6. The van der Waals surface area contributed by atoms with Crippen LogP contribution in [0.3, 0.4) is 0 Å². The molecule has 0 saturated carbocycles. The zero-order valence-electron chi connectivity index (χ0n) is 12.5. The number of aromatic nitrogens is 1. The SMILES string of the molecule is Cc1nc(N2CCC(CN(C)C)CC2)sc1C(C)N. The van der Waals surface area contributed by atoms with Gasteiger partial charge in [-0.2, -0.15) is 0 Å². The molecule has 2 heterocycles. The standard InChI is InChI=1S/C14H26N4S/c1-10(15)13-11(2)16-14(19-13)18-7-5-12(6-8-18)9-17(3)4/h10,12H,5-9,15H2,1-4H3. The minimum atomic E-state index is 0.0949. The van der Waals surface area contributed by atoms with Crippen LogP contribution >= 0.6 is 11.3 Å². The molecule has 2 N–H and O–H groups in total. The van der Waals surface area contributed by atoms with Gasteiger partial charge in [-0.3, -0.25) is 0 Å². The number of hydrogen-bond acceptors (Lipinski definition) is 5. The highest BCUT2D eigenvalue weighted by atomic mass is 32.1. The zero-order valence-corrected chi connectivity index (χ0v) is 13.3. The molecule has 1 atom stereocenters. The van der Waals surface area contributed by atoms with Gasteiger partial charge >= 0.3 is 0 Å². The number of nitrogens with two attached hydrogens (primary N) is 1. The maximum absolute atomic E-state index is 5.98. The van der Waals surface area contributed by atoms with Crippen molar-refractivity contribution in [1.82, 2.24) is 9.88 Å². The van der Waals surface area contributed by atoms with Gasteiger partial charge in [0.1, 0.15) is 0 Å². The predicted octanol–water partition coefficient (Wildman–Crippen LogP) is 2.25. The third kappa shape index (κ3) is 3.68. The number of aryl methyl sites for hydroxylation is 1. The first-order chi connectivity index (χ1) is 8.97. The Hall–Kier alpha value is -0.650. The van der Waals surface area contributed by atoms with Crippen molar-refractivity contribution < 1.29 is 0 Å². The van der Waals surface area contributed by atoms with Crippen molar-refractivity contribution in [2.45, 2.75) is 32.7 Å². The molecule has 0 radical (unpaired) electrons. The van der Waals surface area contributed by atoms with Gasteiger partial charge in [0, 0.05) is 30.6 Å². The molecule has 2 rings (SSSR count). The topological polar surface area (TPSA) is 45.4 Å². The summed E-state index contributed by atoms with van der Waals surface area (Å²) in [5.41, 5.74) is 7.08. The average molecular weight is 282 g/mol. The van der Waals surface area contributed by atoms with Gasteiger partial charge in [0.25, 0.3) is 0 Å². The van der Waals surface area contributed by atoms with E-state index in [1.165, 1.54) is 24.3 Å². The van der Waals surface area contributed by atoms with Crippen LogP contribution in [0.5, 0.6) is 0 Å². The number of anilines is 1. The molecule has 0 spiro atoms. The van der Waals surface area contributed by atoms with E-state index < -0.39 is 0 Å². The monoisotopic (exact) mass is 282 g/mol. The molecule has 1 aromatic rings. The van der Waals surface area contributed by atoms with Crippen LogP contribution in [0.25, 0.3) is 0 Å². The Bertz CT molecular complexity index is 406. The van der Waals surface area contributed by atoms with Crippen molar-refractivity contribution in [3.63, 3.8) is 0 Å². The van der Waals surface area contributed by atoms with Gasteiger partial charge in [0.05, 0.1) is 5.69 Å². The van der Waals surface area contributed by atoms with Crippen LogP contribution in [0, 0.1) is 12.8 Å². The summed E-state index contributed by atoms with van der Waals surface area (Å²) in [5, 5.41) is 1.16. The molecule has 0 bridgehead atoms. The fourth-order valence-corrected chi connectivity index (χ4v) is 3.84. The van der Waals surface area contributed by atoms with Crippen LogP contribution in [0.2, 0.25) is 0 Å². The van der Waals surface area contributed by atoms with Crippen LogP contribution in [0.15, 0.2) is 0 Å². The number of rotatable bonds is 4. The molecule has 108 valence electrons. The van der Waals surface area contributed by atoms with E-state index in [9.17, 15) is 0 Å². The van der Waals surface area contributed by atoms with Crippen LogP contribution in [0.1, 0.15) is 36.4 Å². The molecular weight excluding hydrogens is 256 g/mol. The van der Waals surface area contributed by atoms with Crippen LogP contribution in [0.4, 0.5) is 5.13 Å². The van der Waals surface area contributed by atoms with Crippen molar-refractivity contribution in [2.24, 2.45) is 11.7 Å². The Morgan fingerprint density at radius 1 is 1.42 bits per heavy atom. The largest absolute Gasteiger partial charge is 0.348 e. The highest BCUT2D eigenvalue weighted by Gasteiger charge is 2.23. The van der Waals surface area contributed by atoms with Crippen molar-refractivity contribution in [2.75, 3.05) is 38.6 Å². The molecular formula is C14H26N4S. The Morgan fingerprint density at radius 3 is 2.53 bits per heavy atom. The summed E-state index contributed by atoms with van der Waals surface area (Å²) in [5.74, 6) is 0.834. The van der Waals surface area contributed by atoms with Gasteiger partial charge in [-0.15, -0.1) is 11.3 Å². The molecule has 1 saturated heterocycles. The molecule has 1 unspecified atom stereocenters. The lowest BCUT2D eigenvalue weighted by Crippen LogP contribution is -2.37. The second kappa shape index (κ2) is 6.20. The van der Waals surface area contributed by atoms with E-state index in [1.807, 2.05) is 6.92 Å². The summed E-state index contributed by atoms with van der Waals surface area (Å²) >= 11 is 1.77. The van der Waals surface area contributed by atoms with Crippen LogP contribution < -0.4 is 10.6 Å². The molecule has 0 aliphatic carbocycles. The summed E-state index contributed by atoms with van der Waals surface area (Å²) in [6, 6.07) is 0.0949. The Morgan fingerprint density at radius 2 is 2.05 bits per heavy atom. The third-order valence-corrected chi connectivity index (χ3v) is 5.16. The first-order valence-corrected chi connectivity index (χ1v) is 7.91. The molecule has 19 heavy (non-hydrogen) atoms. The molecule has 1 aliphatic rings. The van der Waals surface area contributed by atoms with Gasteiger partial charge in [0.2, 0.25) is 0 Å². The molecule has 0 aromatic carbocycles. The molecule has 1 fully saturated rings. The van der Waals surface area contributed by atoms with E-state index in [4.69, 9.17) is 10.7 Å². The van der Waals surface area contributed by atoms with E-state index in [0.29, 0.717) is 0 Å². The smallest absolute Gasteiger partial charge is 0.185 e. The van der Waals surface area contributed by atoms with Gasteiger partial charge in [0.15, 0.2) is 5.13 Å². The minimum Gasteiger partial charge on any atom is -0.348 e. The number of thiazole rings is 1. The summed E-state index contributed by atoms with van der Waals surface area (Å²) in [6.45, 7) is 7.56. The molecule has 1 aromatic heterocycles. The fourth-order valence-electron chi connectivity index (χ4n) is 2.77. The third-order valence-electron chi connectivity index (χ3n) is 3.74. The highest BCUT2D eigenvalue weighted by Crippen LogP contribution is 2.32. The molecule has 0 amide bonds. The van der Waals surface area contributed by atoms with Crippen molar-refractivity contribution in [1.29, 1.82) is 0 Å². The van der Waals surface area contributed by atoms with Crippen molar-refractivity contribution in [3.05, 3.63) is 10.6 Å². The lowest BCUT2D eigenvalue weighted by Gasteiger charge is -2.33. The van der Waals surface area contributed by atoms with E-state index in [0.717, 1.165) is 29.8 Å². The van der Waals surface area contributed by atoms with E-state index >= 15 is 0 Å². The van der Waals surface area contributed by atoms with E-state index in [2.05, 4.69) is 30.8 Å². The fraction of sp³-hybridized carbons (Fsp3) is 0.786. The van der Waals surface area contributed by atoms with Crippen molar-refractivity contribution >= 4 is 16.5 Å². The number of nitrogens with zero attached hydrogens (tertiary/aromatic N) is 3. The van der Waals surface area contributed by atoms with Gasteiger partial charge in [-0.1, -0.05) is 0 Å². The van der Waals surface area contributed by atoms with Crippen molar-refractivity contribution in [3.8, 4) is 0 Å². The quantitative estimate of drug-likeness (QED) is 0.920. The lowest BCUT2D eigenvalue weighted by atomic mass is 9.97. The maximum Gasteiger partial charge on any atom is 0.185 e. The minimum absolute atomic E-state index is 0.0949. The van der Waals surface area contributed by atoms with E-state index in [-0.39, 0.29) is 6.04 Å². The van der Waals surface area contributed by atoms with Crippen LogP contribution in [-0.4, -0.2) is 43.6 Å². The van der Waals surface area contributed by atoms with Gasteiger partial charge in [-0.05, 0) is 46.7 Å². The summed E-state index contributed by atoms with van der Waals surface area (Å²) < 4.78 is 0. The maximum atomic E-state index is 5.98. The summed E-state index contributed by atoms with van der Waals surface area (Å²) in [6.07, 6.45) is 2.54. The Balaban J connectivity index is 1.96. The normalized spacial score (nSPS) is 19.2. The first-order valence-electron chi connectivity index (χ1n) is 7.10. The Kier molecular flexibility index (Phi) is 4.81. The second-order valence-electron chi connectivity index (χ2n) is 5.93. The Labute approximate surface area is 120 Å². The first kappa shape index (κ1) is 14.8. The van der Waals surface area contributed by atoms with Crippen LogP contribution in [-0.2, 0) is 0 Å². The molecule has 1 aliphatic heterocycles. The summed E-state index contributed by atoms with van der Waals surface area (Å²) in [7, 11) is 4.32. The number of hydrogen-bond donors (Lipinski definition) is 1. The molecule has 4 nitrogen and oxygen atoms in total. The number of piperidine rings is 1. The van der Waals surface area contributed by atoms with Gasteiger partial charge in [-0.25, -0.2) is 4.98 Å². The average Bonchev–Trinajstić information content (AvgIpc) is 2.71. The van der Waals surface area contributed by atoms with E-state index in [1.54, 1.807) is 11.3 Å². The zero-order chi connectivity index (χ0) is 14.0. The van der Waals surface area contributed by atoms with Gasteiger partial charge < -0.3 is 15.5 Å².